The zero-order valence-corrected chi connectivity index (χ0v) is 15.5. The summed E-state index contributed by atoms with van der Waals surface area (Å²) in [6, 6.07) is 6.82. The monoisotopic (exact) mass is 359 g/mol. The fraction of sp³-hybridized carbons (Fsp3) is 0.400. The second-order valence-electron chi connectivity index (χ2n) is 5.97. The second-order valence-corrected chi connectivity index (χ2v) is 5.97. The molecule has 26 heavy (non-hydrogen) atoms. The largest absolute Gasteiger partial charge is 0.460 e. The molecule has 0 saturated carbocycles. The molecule has 0 heterocycles. The molecule has 0 aliphatic rings. The predicted octanol–water partition coefficient (Wildman–Crippen LogP) is 2.92. The molecule has 1 N–H and O–H groups in total. The van der Waals surface area contributed by atoms with Crippen molar-refractivity contribution in [2.75, 3.05) is 26.4 Å². The molecule has 140 valence electrons. The van der Waals surface area contributed by atoms with Gasteiger partial charge in [-0.15, -0.1) is 0 Å². The summed E-state index contributed by atoms with van der Waals surface area (Å²) in [5.74, 6) is 6.28. The van der Waals surface area contributed by atoms with Crippen molar-refractivity contribution >= 4 is 12.1 Å². The fourth-order valence-corrected chi connectivity index (χ4v) is 1.65. The number of amides is 1. The lowest BCUT2D eigenvalue weighted by Gasteiger charge is -2.07. The molecule has 1 rings (SSSR count). The molecule has 0 aromatic heterocycles. The molecular formula is C20H25NO5. The Morgan fingerprint density at radius 1 is 1.23 bits per heavy atom. The number of carbonyl (C=O) groups is 2. The first-order chi connectivity index (χ1) is 12.4. The SMILES string of the molecule is C=C(C)C(=O)OCCNC(=O)Oc1ccc(C#CCOCC(C)C)cc1. The van der Waals surface area contributed by atoms with Gasteiger partial charge in [-0.1, -0.05) is 32.3 Å². The lowest BCUT2D eigenvalue weighted by atomic mass is 10.2. The highest BCUT2D eigenvalue weighted by Crippen LogP contribution is 2.11. The molecule has 0 bridgehead atoms. The van der Waals surface area contributed by atoms with Crippen LogP contribution in [0.5, 0.6) is 5.75 Å². The van der Waals surface area contributed by atoms with Gasteiger partial charge in [-0.3, -0.25) is 0 Å². The van der Waals surface area contributed by atoms with Crippen LogP contribution >= 0.6 is 0 Å². The average Bonchev–Trinajstić information content (AvgIpc) is 2.59. The summed E-state index contributed by atoms with van der Waals surface area (Å²) in [6.07, 6.45) is -0.628. The predicted molar refractivity (Wildman–Crippen MR) is 98.8 cm³/mol. The van der Waals surface area contributed by atoms with Crippen molar-refractivity contribution in [2.45, 2.75) is 20.8 Å². The lowest BCUT2D eigenvalue weighted by Crippen LogP contribution is -2.30. The van der Waals surface area contributed by atoms with E-state index in [1.165, 1.54) is 0 Å². The van der Waals surface area contributed by atoms with Crippen molar-refractivity contribution in [1.29, 1.82) is 0 Å². The number of rotatable bonds is 8. The molecule has 0 atom stereocenters. The highest BCUT2D eigenvalue weighted by Gasteiger charge is 2.05. The van der Waals surface area contributed by atoms with E-state index in [1.54, 1.807) is 31.2 Å². The Hall–Kier alpha value is -2.78. The molecule has 0 saturated heterocycles. The standard InChI is InChI=1S/C20H25NO5/c1-15(2)14-24-12-5-6-17-7-9-18(10-8-17)26-20(23)21-11-13-25-19(22)16(3)4/h7-10,15H,3,11-14H2,1-2,4H3,(H,21,23). The highest BCUT2D eigenvalue weighted by atomic mass is 16.6. The van der Waals surface area contributed by atoms with Gasteiger partial charge >= 0.3 is 12.1 Å². The van der Waals surface area contributed by atoms with E-state index in [0.717, 1.165) is 5.56 Å². The zero-order chi connectivity index (χ0) is 19.4. The Morgan fingerprint density at radius 2 is 1.92 bits per heavy atom. The van der Waals surface area contributed by atoms with Gasteiger partial charge in [0.15, 0.2) is 0 Å². The Balaban J connectivity index is 2.31. The third-order valence-corrected chi connectivity index (χ3v) is 2.88. The minimum Gasteiger partial charge on any atom is -0.460 e. The summed E-state index contributed by atoms with van der Waals surface area (Å²) in [6.45, 7) is 10.4. The van der Waals surface area contributed by atoms with Crippen LogP contribution in [-0.2, 0) is 14.3 Å². The molecule has 6 heteroatoms. The van der Waals surface area contributed by atoms with Gasteiger partial charge in [0, 0.05) is 11.1 Å². The van der Waals surface area contributed by atoms with Crippen molar-refractivity contribution in [3.8, 4) is 17.6 Å². The first-order valence-electron chi connectivity index (χ1n) is 8.33. The van der Waals surface area contributed by atoms with Crippen LogP contribution < -0.4 is 10.1 Å². The smallest absolute Gasteiger partial charge is 0.412 e. The summed E-state index contributed by atoms with van der Waals surface area (Å²) in [7, 11) is 0. The molecule has 6 nitrogen and oxygen atoms in total. The quantitative estimate of drug-likeness (QED) is 0.334. The minimum absolute atomic E-state index is 0.0498. The summed E-state index contributed by atoms with van der Waals surface area (Å²) in [5.41, 5.74) is 1.11. The number of ether oxygens (including phenoxy) is 3. The number of carbonyl (C=O) groups excluding carboxylic acids is 2. The maximum absolute atomic E-state index is 11.6. The van der Waals surface area contributed by atoms with Crippen molar-refractivity contribution in [3.05, 3.63) is 42.0 Å². The van der Waals surface area contributed by atoms with E-state index in [1.807, 2.05) is 0 Å². The molecule has 1 aromatic rings. The van der Waals surface area contributed by atoms with Crippen LogP contribution in [-0.4, -0.2) is 38.4 Å². The Labute approximate surface area is 154 Å². The third kappa shape index (κ3) is 9.50. The molecule has 0 radical (unpaired) electrons. The number of esters is 1. The first-order valence-corrected chi connectivity index (χ1v) is 8.33. The molecule has 0 unspecified atom stereocenters. The van der Waals surface area contributed by atoms with E-state index in [2.05, 4.69) is 37.6 Å². The van der Waals surface area contributed by atoms with Gasteiger partial charge in [0.2, 0.25) is 0 Å². The van der Waals surface area contributed by atoms with Crippen LogP contribution in [0.1, 0.15) is 26.3 Å². The Bertz CT molecular complexity index is 668. The third-order valence-electron chi connectivity index (χ3n) is 2.88. The zero-order valence-electron chi connectivity index (χ0n) is 15.5. The molecule has 0 spiro atoms. The van der Waals surface area contributed by atoms with Crippen molar-refractivity contribution in [3.63, 3.8) is 0 Å². The topological polar surface area (TPSA) is 73.9 Å². The summed E-state index contributed by atoms with van der Waals surface area (Å²) in [4.78, 5) is 22.8. The molecular weight excluding hydrogens is 334 g/mol. The lowest BCUT2D eigenvalue weighted by molar-refractivity contribution is -0.138. The molecule has 0 fully saturated rings. The van der Waals surface area contributed by atoms with Crippen LogP contribution in [0.3, 0.4) is 0 Å². The highest BCUT2D eigenvalue weighted by molar-refractivity contribution is 5.86. The number of hydrogen-bond donors (Lipinski definition) is 1. The van der Waals surface area contributed by atoms with E-state index in [4.69, 9.17) is 14.2 Å². The van der Waals surface area contributed by atoms with Crippen molar-refractivity contribution in [1.82, 2.24) is 5.32 Å². The van der Waals surface area contributed by atoms with Gasteiger partial charge in [0.05, 0.1) is 13.2 Å². The number of benzene rings is 1. The molecule has 0 aliphatic carbocycles. The van der Waals surface area contributed by atoms with Crippen molar-refractivity contribution in [2.24, 2.45) is 5.92 Å². The van der Waals surface area contributed by atoms with Crippen LogP contribution in [0, 0.1) is 17.8 Å². The summed E-state index contributed by atoms with van der Waals surface area (Å²) < 4.78 is 15.3. The van der Waals surface area contributed by atoms with Crippen LogP contribution in [0.25, 0.3) is 0 Å². The summed E-state index contributed by atoms with van der Waals surface area (Å²) >= 11 is 0. The maximum atomic E-state index is 11.6. The first kappa shape index (κ1) is 21.3. The fourth-order valence-electron chi connectivity index (χ4n) is 1.65. The van der Waals surface area contributed by atoms with Crippen LogP contribution in [0.4, 0.5) is 4.79 Å². The molecule has 1 amide bonds. The number of hydrogen-bond acceptors (Lipinski definition) is 5. The van der Waals surface area contributed by atoms with E-state index < -0.39 is 12.1 Å². The van der Waals surface area contributed by atoms with Gasteiger partial charge in [-0.2, -0.15) is 0 Å². The minimum atomic E-state index is -0.628. The van der Waals surface area contributed by atoms with Gasteiger partial charge < -0.3 is 19.5 Å². The van der Waals surface area contributed by atoms with Gasteiger partial charge in [-0.05, 0) is 37.1 Å². The van der Waals surface area contributed by atoms with E-state index >= 15 is 0 Å². The van der Waals surface area contributed by atoms with Gasteiger partial charge in [0.25, 0.3) is 0 Å². The Morgan fingerprint density at radius 3 is 2.54 bits per heavy atom. The normalized spacial score (nSPS) is 9.85. The maximum Gasteiger partial charge on any atom is 0.412 e. The molecule has 0 aliphatic heterocycles. The van der Waals surface area contributed by atoms with Crippen LogP contribution in [0.2, 0.25) is 0 Å². The number of nitrogens with one attached hydrogen (secondary N) is 1. The second kappa shape index (κ2) is 11.7. The van der Waals surface area contributed by atoms with E-state index in [9.17, 15) is 9.59 Å². The van der Waals surface area contributed by atoms with Gasteiger partial charge in [-0.25, -0.2) is 9.59 Å². The summed E-state index contributed by atoms with van der Waals surface area (Å²) in [5, 5.41) is 2.48. The average molecular weight is 359 g/mol. The van der Waals surface area contributed by atoms with E-state index in [-0.39, 0.29) is 13.2 Å². The molecule has 1 aromatic carbocycles. The Kier molecular flexibility index (Phi) is 9.58. The van der Waals surface area contributed by atoms with Crippen molar-refractivity contribution < 1.29 is 23.8 Å². The van der Waals surface area contributed by atoms with E-state index in [0.29, 0.717) is 30.5 Å². The van der Waals surface area contributed by atoms with Crippen LogP contribution in [0.15, 0.2) is 36.4 Å². The van der Waals surface area contributed by atoms with Gasteiger partial charge in [0.1, 0.15) is 19.0 Å².